The van der Waals surface area contributed by atoms with Crippen molar-refractivity contribution < 1.29 is 9.47 Å². The Morgan fingerprint density at radius 1 is 1.24 bits per heavy atom. The zero-order chi connectivity index (χ0) is 12.5. The number of methoxy groups -OCH3 is 1. The highest BCUT2D eigenvalue weighted by Gasteiger charge is 2.52. The summed E-state index contributed by atoms with van der Waals surface area (Å²) in [6.07, 6.45) is 8.78. The van der Waals surface area contributed by atoms with Crippen molar-refractivity contribution in [2.75, 3.05) is 7.11 Å². The fourth-order valence-electron chi connectivity index (χ4n) is 4.23. The van der Waals surface area contributed by atoms with Gasteiger partial charge in [0, 0.05) is 20.0 Å². The first-order valence-electron chi connectivity index (χ1n) is 7.30. The lowest BCUT2D eigenvalue weighted by atomic mass is 9.68. The van der Waals surface area contributed by atoms with E-state index < -0.39 is 0 Å². The van der Waals surface area contributed by atoms with Crippen molar-refractivity contribution >= 4 is 0 Å². The second-order valence-corrected chi connectivity index (χ2v) is 6.25. The van der Waals surface area contributed by atoms with Crippen LogP contribution in [0.4, 0.5) is 0 Å². The molecule has 3 atom stereocenters. The average Bonchev–Trinajstić information content (AvgIpc) is 2.28. The summed E-state index contributed by atoms with van der Waals surface area (Å²) >= 11 is 0. The van der Waals surface area contributed by atoms with Gasteiger partial charge in [0.25, 0.3) is 0 Å². The van der Waals surface area contributed by atoms with Crippen LogP contribution < -0.4 is 0 Å². The van der Waals surface area contributed by atoms with E-state index in [0.717, 1.165) is 12.8 Å². The van der Waals surface area contributed by atoms with Crippen LogP contribution in [0, 0.1) is 5.92 Å². The highest BCUT2D eigenvalue weighted by molar-refractivity contribution is 5.02. The average molecular weight is 240 g/mol. The molecule has 0 radical (unpaired) electrons. The summed E-state index contributed by atoms with van der Waals surface area (Å²) < 4.78 is 12.3. The van der Waals surface area contributed by atoms with Gasteiger partial charge >= 0.3 is 0 Å². The molecule has 2 bridgehead atoms. The molecule has 0 aromatic rings. The molecule has 3 unspecified atom stereocenters. The van der Waals surface area contributed by atoms with Crippen molar-refractivity contribution in [2.24, 2.45) is 5.92 Å². The van der Waals surface area contributed by atoms with Crippen molar-refractivity contribution in [3.63, 3.8) is 0 Å². The van der Waals surface area contributed by atoms with Crippen LogP contribution in [0.3, 0.4) is 0 Å². The Hall–Kier alpha value is -0.0800. The fourth-order valence-corrected chi connectivity index (χ4v) is 4.23. The first-order chi connectivity index (χ1) is 8.07. The lowest BCUT2D eigenvalue weighted by Gasteiger charge is -2.56. The highest BCUT2D eigenvalue weighted by atomic mass is 16.5. The van der Waals surface area contributed by atoms with Gasteiger partial charge in [-0.1, -0.05) is 26.7 Å². The zero-order valence-electron chi connectivity index (χ0n) is 11.9. The Bertz CT molecular complexity index is 262. The highest BCUT2D eigenvalue weighted by Crippen LogP contribution is 2.51. The monoisotopic (exact) mass is 240 g/mol. The molecule has 0 amide bonds. The van der Waals surface area contributed by atoms with Gasteiger partial charge in [-0.15, -0.1) is 0 Å². The van der Waals surface area contributed by atoms with Crippen molar-refractivity contribution in [2.45, 2.75) is 83.0 Å². The zero-order valence-corrected chi connectivity index (χ0v) is 11.9. The molecule has 100 valence electrons. The van der Waals surface area contributed by atoms with Crippen molar-refractivity contribution in [1.29, 1.82) is 0 Å². The van der Waals surface area contributed by atoms with E-state index in [0.29, 0.717) is 12.0 Å². The maximum Gasteiger partial charge on any atom is 0.0742 e. The third kappa shape index (κ3) is 2.39. The van der Waals surface area contributed by atoms with E-state index >= 15 is 0 Å². The molecule has 2 saturated heterocycles. The lowest BCUT2D eigenvalue weighted by molar-refractivity contribution is -0.260. The molecule has 0 aromatic heterocycles. The predicted molar refractivity (Wildman–Crippen MR) is 70.2 cm³/mol. The molecule has 0 spiro atoms. The molecular weight excluding hydrogens is 212 g/mol. The largest absolute Gasteiger partial charge is 0.381 e. The molecule has 2 fully saturated rings. The minimum atomic E-state index is 0.0692. The van der Waals surface area contributed by atoms with E-state index in [-0.39, 0.29) is 11.2 Å². The maximum absolute atomic E-state index is 6.59. The van der Waals surface area contributed by atoms with Crippen molar-refractivity contribution in [3.05, 3.63) is 0 Å². The third-order valence-corrected chi connectivity index (χ3v) is 5.05. The Balaban J connectivity index is 2.24. The second kappa shape index (κ2) is 4.89. The summed E-state index contributed by atoms with van der Waals surface area (Å²) in [5, 5.41) is 0. The van der Waals surface area contributed by atoms with E-state index in [4.69, 9.17) is 9.47 Å². The number of hydrogen-bond acceptors (Lipinski definition) is 2. The molecule has 2 aliphatic heterocycles. The topological polar surface area (TPSA) is 18.5 Å². The van der Waals surface area contributed by atoms with Crippen molar-refractivity contribution in [1.82, 2.24) is 0 Å². The summed E-state index contributed by atoms with van der Waals surface area (Å²) in [7, 11) is 1.86. The van der Waals surface area contributed by atoms with E-state index in [1.54, 1.807) is 0 Å². The third-order valence-electron chi connectivity index (χ3n) is 5.05. The first kappa shape index (κ1) is 13.4. The molecule has 2 rings (SSSR count). The number of hydrogen-bond donors (Lipinski definition) is 0. The van der Waals surface area contributed by atoms with Gasteiger partial charge in [-0.3, -0.25) is 0 Å². The van der Waals surface area contributed by atoms with Crippen LogP contribution in [0.2, 0.25) is 0 Å². The summed E-state index contributed by atoms with van der Waals surface area (Å²) in [6, 6.07) is 0. The van der Waals surface area contributed by atoms with Gasteiger partial charge < -0.3 is 9.47 Å². The second-order valence-electron chi connectivity index (χ2n) is 6.25. The SMILES string of the molecule is CCC(CC)C12CCCC(C)(CC(OC)C1)O2. The molecule has 0 aromatic carbocycles. The van der Waals surface area contributed by atoms with Gasteiger partial charge in [-0.2, -0.15) is 0 Å². The predicted octanol–water partition coefficient (Wildman–Crippen LogP) is 3.93. The molecule has 0 saturated carbocycles. The van der Waals surface area contributed by atoms with E-state index in [1.807, 2.05) is 7.11 Å². The van der Waals surface area contributed by atoms with E-state index in [9.17, 15) is 0 Å². The number of fused-ring (bicyclic) bond motifs is 2. The molecule has 2 nitrogen and oxygen atoms in total. The van der Waals surface area contributed by atoms with Gasteiger partial charge in [0.2, 0.25) is 0 Å². The molecular formula is C15H28O2. The van der Waals surface area contributed by atoms with Gasteiger partial charge in [-0.25, -0.2) is 0 Å². The molecule has 17 heavy (non-hydrogen) atoms. The Kier molecular flexibility index (Phi) is 3.84. The van der Waals surface area contributed by atoms with Gasteiger partial charge in [-0.05, 0) is 32.1 Å². The maximum atomic E-state index is 6.59. The molecule has 2 heterocycles. The Labute approximate surface area is 106 Å². The van der Waals surface area contributed by atoms with Crippen LogP contribution >= 0.6 is 0 Å². The van der Waals surface area contributed by atoms with Gasteiger partial charge in [0.15, 0.2) is 0 Å². The summed E-state index contributed by atoms with van der Waals surface area (Å²) in [4.78, 5) is 0. The summed E-state index contributed by atoms with van der Waals surface area (Å²) in [5.74, 6) is 0.695. The van der Waals surface area contributed by atoms with Gasteiger partial charge in [0.05, 0.1) is 17.3 Å². The number of rotatable bonds is 4. The summed E-state index contributed by atoms with van der Waals surface area (Å²) in [5.41, 5.74) is 0.176. The molecule has 0 aliphatic carbocycles. The van der Waals surface area contributed by atoms with Crippen LogP contribution in [-0.4, -0.2) is 24.4 Å². The first-order valence-corrected chi connectivity index (χ1v) is 7.30. The Morgan fingerprint density at radius 2 is 1.94 bits per heavy atom. The van der Waals surface area contributed by atoms with Crippen LogP contribution in [-0.2, 0) is 9.47 Å². The lowest BCUT2D eigenvalue weighted by Crippen LogP contribution is -2.58. The molecule has 2 heteroatoms. The molecule has 2 aliphatic rings. The smallest absolute Gasteiger partial charge is 0.0742 e. The standard InChI is InChI=1S/C15H28O2/c1-5-12(6-2)15-9-7-8-14(3,17-15)10-13(11-15)16-4/h12-13H,5-11H2,1-4H3. The quantitative estimate of drug-likeness (QED) is 0.741. The normalized spacial score (nSPS) is 41.8. The molecule has 0 N–H and O–H groups in total. The fraction of sp³-hybridized carbons (Fsp3) is 1.00. The van der Waals surface area contributed by atoms with Gasteiger partial charge in [0.1, 0.15) is 0 Å². The van der Waals surface area contributed by atoms with Crippen molar-refractivity contribution in [3.8, 4) is 0 Å². The van der Waals surface area contributed by atoms with Crippen LogP contribution in [0.1, 0.15) is 65.7 Å². The number of ether oxygens (including phenoxy) is 2. The minimum absolute atomic E-state index is 0.0692. The van der Waals surface area contributed by atoms with E-state index in [1.165, 1.54) is 32.1 Å². The van der Waals surface area contributed by atoms with E-state index in [2.05, 4.69) is 20.8 Å². The van der Waals surface area contributed by atoms with Crippen LogP contribution in [0.5, 0.6) is 0 Å². The van der Waals surface area contributed by atoms with Crippen LogP contribution in [0.15, 0.2) is 0 Å². The summed E-state index contributed by atoms with van der Waals surface area (Å²) in [6.45, 7) is 6.89. The van der Waals surface area contributed by atoms with Crippen LogP contribution in [0.25, 0.3) is 0 Å². The Morgan fingerprint density at radius 3 is 2.53 bits per heavy atom. The minimum Gasteiger partial charge on any atom is -0.381 e.